The lowest BCUT2D eigenvalue weighted by Crippen LogP contribution is -3.00. The molecule has 0 saturated carbocycles. The van der Waals surface area contributed by atoms with E-state index in [0.717, 1.165) is 0 Å². The second kappa shape index (κ2) is 9.26. The Morgan fingerprint density at radius 2 is 1.35 bits per heavy atom. The van der Waals surface area contributed by atoms with Gasteiger partial charge in [-0.2, -0.15) is 10.2 Å². The topological polar surface area (TPSA) is 75.1 Å². The number of hydrogen-bond acceptors (Lipinski definition) is 3. The van der Waals surface area contributed by atoms with Gasteiger partial charge in [-0.05, 0) is 35.4 Å². The van der Waals surface area contributed by atoms with Gasteiger partial charge >= 0.3 is 0 Å². The van der Waals surface area contributed by atoms with E-state index < -0.39 is 0 Å². The van der Waals surface area contributed by atoms with E-state index in [1.165, 1.54) is 36.7 Å². The van der Waals surface area contributed by atoms with Crippen molar-refractivity contribution >= 4 is 18.4 Å². The van der Waals surface area contributed by atoms with Crippen LogP contribution in [0.15, 0.2) is 63.8 Å². The van der Waals surface area contributed by atoms with E-state index >= 15 is 0 Å². The van der Waals surface area contributed by atoms with Crippen LogP contribution in [0.3, 0.4) is 0 Å². The summed E-state index contributed by atoms with van der Waals surface area (Å²) in [5.41, 5.74) is 9.41. The molecule has 0 saturated heterocycles. The molecule has 2 aromatic carbocycles. The Morgan fingerprint density at radius 3 is 1.87 bits per heavy atom. The van der Waals surface area contributed by atoms with E-state index in [0.29, 0.717) is 11.1 Å². The maximum atomic E-state index is 12.7. The van der Waals surface area contributed by atoms with E-state index in [2.05, 4.69) is 20.7 Å². The first-order chi connectivity index (χ1) is 10.6. The Hall–Kier alpha value is -2.80. The van der Waals surface area contributed by atoms with Gasteiger partial charge in [0.1, 0.15) is 11.6 Å². The second-order valence-corrected chi connectivity index (χ2v) is 4.20. The molecule has 0 aromatic heterocycles. The van der Waals surface area contributed by atoms with Crippen molar-refractivity contribution in [3.05, 3.63) is 71.3 Å². The lowest BCUT2D eigenvalue weighted by Gasteiger charge is -1.96. The van der Waals surface area contributed by atoms with Crippen LogP contribution in [-0.2, 0) is 0 Å². The molecule has 0 aliphatic carbocycles. The van der Waals surface area contributed by atoms with Crippen LogP contribution in [0.5, 0.6) is 0 Å². The molecule has 0 radical (unpaired) electrons. The van der Waals surface area contributed by atoms with Gasteiger partial charge in [0.15, 0.2) is 0 Å². The normalized spacial score (nSPS) is 11.7. The lowest BCUT2D eigenvalue weighted by molar-refractivity contribution is -0.00000583. The van der Waals surface area contributed by atoms with Crippen molar-refractivity contribution in [1.82, 2.24) is 5.43 Å². The highest BCUT2D eigenvalue weighted by Gasteiger charge is 1.91. The minimum absolute atomic E-state index is 0. The smallest absolute Gasteiger partial charge is 0.234 e. The van der Waals surface area contributed by atoms with Gasteiger partial charge in [-0.15, -0.1) is 5.10 Å². The van der Waals surface area contributed by atoms with Crippen molar-refractivity contribution in [2.24, 2.45) is 21.0 Å². The highest BCUT2D eigenvalue weighted by atomic mass is 35.5. The van der Waals surface area contributed by atoms with Crippen LogP contribution in [0, 0.1) is 11.6 Å². The molecule has 2 aromatic rings. The average Bonchev–Trinajstić information content (AvgIpc) is 2.51. The van der Waals surface area contributed by atoms with Gasteiger partial charge in [0.05, 0.1) is 12.4 Å². The molecule has 23 heavy (non-hydrogen) atoms. The third-order valence-electron chi connectivity index (χ3n) is 2.51. The number of rotatable bonds is 4. The second-order valence-electron chi connectivity index (χ2n) is 4.20. The van der Waals surface area contributed by atoms with Gasteiger partial charge in [-0.1, -0.05) is 24.3 Å². The maximum absolute atomic E-state index is 12.7. The van der Waals surface area contributed by atoms with Gasteiger partial charge in [-0.3, -0.25) is 0 Å². The maximum Gasteiger partial charge on any atom is 0.234 e. The summed E-state index contributed by atoms with van der Waals surface area (Å²) in [6, 6.07) is 11.5. The molecule has 0 fully saturated rings. The molecule has 0 amide bonds. The number of nitrogens with two attached hydrogens (primary N) is 1. The number of halogens is 3. The summed E-state index contributed by atoms with van der Waals surface area (Å²) in [4.78, 5) is 0. The van der Waals surface area contributed by atoms with E-state index in [9.17, 15) is 8.78 Å². The SMILES string of the molecule is N/C(=N\N=Cc1ccc(F)cc1)NN=Cc1ccc(F)cc1.[Cl-]. The van der Waals surface area contributed by atoms with Crippen LogP contribution < -0.4 is 23.6 Å². The molecular formula is C15H13ClF2N5-. The van der Waals surface area contributed by atoms with E-state index in [1.807, 2.05) is 0 Å². The molecule has 120 valence electrons. The molecule has 0 bridgehead atoms. The Balaban J connectivity index is 0.00000264. The molecule has 0 aliphatic heterocycles. The van der Waals surface area contributed by atoms with Gasteiger partial charge < -0.3 is 18.1 Å². The molecule has 0 atom stereocenters. The Labute approximate surface area is 138 Å². The summed E-state index contributed by atoms with van der Waals surface area (Å²) in [5, 5.41) is 11.2. The Bertz CT molecular complexity index is 697. The summed E-state index contributed by atoms with van der Waals surface area (Å²) in [6.45, 7) is 0. The minimum atomic E-state index is -0.322. The average molecular weight is 337 g/mol. The van der Waals surface area contributed by atoms with Crippen LogP contribution in [0.1, 0.15) is 11.1 Å². The summed E-state index contributed by atoms with van der Waals surface area (Å²) in [5.74, 6) is -0.657. The van der Waals surface area contributed by atoms with Crippen molar-refractivity contribution in [1.29, 1.82) is 0 Å². The number of hydrogen-bond donors (Lipinski definition) is 2. The van der Waals surface area contributed by atoms with Crippen molar-refractivity contribution in [2.75, 3.05) is 0 Å². The van der Waals surface area contributed by atoms with Gasteiger partial charge in [0, 0.05) is 0 Å². The first kappa shape index (κ1) is 18.2. The predicted molar refractivity (Wildman–Crippen MR) is 82.7 cm³/mol. The summed E-state index contributed by atoms with van der Waals surface area (Å²) >= 11 is 0. The van der Waals surface area contributed by atoms with Crippen LogP contribution in [0.2, 0.25) is 0 Å². The number of nitrogens with one attached hydrogen (secondary N) is 1. The van der Waals surface area contributed by atoms with Gasteiger partial charge in [0.2, 0.25) is 5.96 Å². The molecular weight excluding hydrogens is 324 g/mol. The van der Waals surface area contributed by atoms with Crippen molar-refractivity contribution in [3.63, 3.8) is 0 Å². The summed E-state index contributed by atoms with van der Waals surface area (Å²) in [6.07, 6.45) is 2.89. The van der Waals surface area contributed by atoms with Crippen LogP contribution in [0.25, 0.3) is 0 Å². The van der Waals surface area contributed by atoms with Gasteiger partial charge in [0.25, 0.3) is 0 Å². The number of nitrogens with zero attached hydrogens (tertiary/aromatic N) is 3. The summed E-state index contributed by atoms with van der Waals surface area (Å²) in [7, 11) is 0. The van der Waals surface area contributed by atoms with Crippen molar-refractivity contribution in [3.8, 4) is 0 Å². The molecule has 0 heterocycles. The van der Waals surface area contributed by atoms with E-state index in [-0.39, 0.29) is 30.0 Å². The molecule has 0 spiro atoms. The predicted octanol–water partition coefficient (Wildman–Crippen LogP) is -0.759. The summed E-state index contributed by atoms with van der Waals surface area (Å²) < 4.78 is 25.4. The van der Waals surface area contributed by atoms with Crippen LogP contribution in [0.4, 0.5) is 8.78 Å². The molecule has 8 heteroatoms. The molecule has 5 nitrogen and oxygen atoms in total. The van der Waals surface area contributed by atoms with Crippen molar-refractivity contribution in [2.45, 2.75) is 0 Å². The van der Waals surface area contributed by atoms with Crippen molar-refractivity contribution < 1.29 is 21.2 Å². The lowest BCUT2D eigenvalue weighted by atomic mass is 10.2. The fourth-order valence-electron chi connectivity index (χ4n) is 1.45. The monoisotopic (exact) mass is 336 g/mol. The number of hydrazone groups is 1. The van der Waals surface area contributed by atoms with E-state index in [1.54, 1.807) is 24.3 Å². The minimum Gasteiger partial charge on any atom is -1.00 e. The molecule has 2 rings (SSSR count). The number of benzene rings is 2. The largest absolute Gasteiger partial charge is 1.00 e. The van der Waals surface area contributed by atoms with Gasteiger partial charge in [-0.25, -0.2) is 14.2 Å². The zero-order valence-electron chi connectivity index (χ0n) is 11.8. The first-order valence-corrected chi connectivity index (χ1v) is 6.30. The third kappa shape index (κ3) is 6.66. The molecule has 0 unspecified atom stereocenters. The Kier molecular flexibility index (Phi) is 7.35. The standard InChI is InChI=1S/C15H13F2N5.ClH/c16-13-5-1-11(2-6-13)9-19-21-15(18)22-20-10-12-3-7-14(17)8-4-12;/h1-10H,(H3,18,21,22);1H/p-1. The quantitative estimate of drug-likeness (QED) is 0.437. The first-order valence-electron chi connectivity index (χ1n) is 6.30. The van der Waals surface area contributed by atoms with Crippen LogP contribution >= 0.6 is 0 Å². The molecule has 0 aliphatic rings. The fourth-order valence-corrected chi connectivity index (χ4v) is 1.45. The highest BCUT2D eigenvalue weighted by molar-refractivity contribution is 5.84. The molecule has 3 N–H and O–H groups in total. The number of guanidine groups is 1. The highest BCUT2D eigenvalue weighted by Crippen LogP contribution is 2.00. The van der Waals surface area contributed by atoms with Crippen LogP contribution in [-0.4, -0.2) is 18.4 Å². The third-order valence-corrected chi connectivity index (χ3v) is 2.51. The zero-order chi connectivity index (χ0) is 15.8. The van der Waals surface area contributed by atoms with E-state index in [4.69, 9.17) is 5.73 Å². The Morgan fingerprint density at radius 1 is 0.870 bits per heavy atom. The fraction of sp³-hybridized carbons (Fsp3) is 0. The zero-order valence-corrected chi connectivity index (χ0v) is 12.6.